The SMILES string of the molecule is COCOc1cc(-c2nc(C)c3c(c2F)N(C)C(S(C)(=O)=O)N=C3N2CC=CCC2)c2c(C#C[Si](C(C)C)(C(C)C)C(C)C)c(F)ccc2c1. The molecule has 0 amide bonds. The van der Waals surface area contributed by atoms with Crippen LogP contribution in [0, 0.1) is 30.0 Å². The molecule has 0 bridgehead atoms. The van der Waals surface area contributed by atoms with E-state index in [0.717, 1.165) is 12.7 Å². The summed E-state index contributed by atoms with van der Waals surface area (Å²) in [5.41, 5.74) is 4.54. The Morgan fingerprint density at radius 1 is 1.06 bits per heavy atom. The fourth-order valence-electron chi connectivity index (χ4n) is 7.80. The number of pyridine rings is 1. The molecule has 0 spiro atoms. The number of ether oxygens (including phenoxy) is 2. The van der Waals surface area contributed by atoms with Crippen LogP contribution in [-0.4, -0.2) is 78.0 Å². The van der Waals surface area contributed by atoms with E-state index < -0.39 is 35.0 Å². The molecule has 2 aliphatic heterocycles. The first-order valence-electron chi connectivity index (χ1n) is 17.1. The first-order chi connectivity index (χ1) is 23.5. The van der Waals surface area contributed by atoms with E-state index in [1.165, 1.54) is 25.1 Å². The van der Waals surface area contributed by atoms with Gasteiger partial charge in [0.2, 0.25) is 5.50 Å². The van der Waals surface area contributed by atoms with E-state index in [9.17, 15) is 8.42 Å². The number of aliphatic imine (C=N–C) groups is 1. The number of benzene rings is 2. The van der Waals surface area contributed by atoms with Gasteiger partial charge in [0.15, 0.2) is 22.4 Å². The van der Waals surface area contributed by atoms with Crippen LogP contribution >= 0.6 is 0 Å². The maximum absolute atomic E-state index is 17.4. The summed E-state index contributed by atoms with van der Waals surface area (Å²) in [7, 11) is -3.06. The number of rotatable bonds is 8. The summed E-state index contributed by atoms with van der Waals surface area (Å²) < 4.78 is 70.7. The predicted octanol–water partition coefficient (Wildman–Crippen LogP) is 7.83. The molecule has 5 rings (SSSR count). The minimum absolute atomic E-state index is 0.0634. The number of halogens is 2. The van der Waals surface area contributed by atoms with Crippen LogP contribution in [0.3, 0.4) is 0 Å². The van der Waals surface area contributed by atoms with Crippen molar-refractivity contribution in [1.29, 1.82) is 0 Å². The van der Waals surface area contributed by atoms with Crippen molar-refractivity contribution in [3.05, 3.63) is 64.9 Å². The second-order valence-electron chi connectivity index (χ2n) is 14.2. The number of amidine groups is 1. The van der Waals surface area contributed by atoms with E-state index >= 15 is 8.78 Å². The van der Waals surface area contributed by atoms with Gasteiger partial charge in [-0.05, 0) is 53.6 Å². The van der Waals surface area contributed by atoms with Gasteiger partial charge in [0.05, 0.1) is 22.5 Å². The van der Waals surface area contributed by atoms with Gasteiger partial charge >= 0.3 is 0 Å². The number of anilines is 1. The number of hydrogen-bond acceptors (Lipinski definition) is 8. The first kappa shape index (κ1) is 37.5. The van der Waals surface area contributed by atoms with E-state index in [1.807, 2.05) is 11.0 Å². The molecule has 0 N–H and O–H groups in total. The maximum Gasteiger partial charge on any atom is 0.226 e. The third-order valence-corrected chi connectivity index (χ3v) is 17.6. The van der Waals surface area contributed by atoms with Crippen LogP contribution in [0.1, 0.15) is 64.8 Å². The first-order valence-corrected chi connectivity index (χ1v) is 21.2. The summed E-state index contributed by atoms with van der Waals surface area (Å²) in [4.78, 5) is 12.8. The van der Waals surface area contributed by atoms with Crippen molar-refractivity contribution in [2.75, 3.05) is 45.2 Å². The Bertz CT molecular complexity index is 2010. The Hall–Kier alpha value is -3.79. The third-order valence-electron chi connectivity index (χ3n) is 10.1. The topological polar surface area (TPSA) is 84.3 Å². The Kier molecular flexibility index (Phi) is 10.8. The van der Waals surface area contributed by atoms with Crippen LogP contribution < -0.4 is 9.64 Å². The van der Waals surface area contributed by atoms with Gasteiger partial charge in [0.1, 0.15) is 31.2 Å². The quantitative estimate of drug-likeness (QED) is 0.101. The van der Waals surface area contributed by atoms with E-state index in [1.54, 1.807) is 25.1 Å². The number of aryl methyl sites for hydroxylation is 1. The van der Waals surface area contributed by atoms with Crippen LogP contribution in [0.2, 0.25) is 16.6 Å². The molecular weight excluding hydrogens is 675 g/mol. The average Bonchev–Trinajstić information content (AvgIpc) is 3.05. The molecule has 1 atom stereocenters. The van der Waals surface area contributed by atoms with Crippen molar-refractivity contribution in [3.63, 3.8) is 0 Å². The molecule has 0 aliphatic carbocycles. The van der Waals surface area contributed by atoms with Gasteiger partial charge in [-0.3, -0.25) is 0 Å². The molecule has 2 aliphatic rings. The van der Waals surface area contributed by atoms with E-state index in [2.05, 4.69) is 64.1 Å². The normalized spacial score (nSPS) is 16.6. The fraction of sp³-hybridized carbons (Fsp3) is 0.474. The molecular formula is C38H48F2N4O4SSi. The molecule has 3 aromatic rings. The lowest BCUT2D eigenvalue weighted by Crippen LogP contribution is -2.46. The van der Waals surface area contributed by atoms with Crippen molar-refractivity contribution >= 4 is 40.2 Å². The van der Waals surface area contributed by atoms with E-state index in [4.69, 9.17) is 14.5 Å². The average molecular weight is 723 g/mol. The lowest BCUT2D eigenvalue weighted by molar-refractivity contribution is 0.0512. The van der Waals surface area contributed by atoms with Crippen LogP contribution in [0.15, 0.2) is 41.4 Å². The predicted molar refractivity (Wildman–Crippen MR) is 201 cm³/mol. The molecule has 3 heterocycles. The molecule has 0 radical (unpaired) electrons. The number of aromatic nitrogens is 1. The van der Waals surface area contributed by atoms with Crippen molar-refractivity contribution in [2.24, 2.45) is 4.99 Å². The van der Waals surface area contributed by atoms with Gasteiger partial charge in [0, 0.05) is 44.5 Å². The zero-order valence-electron chi connectivity index (χ0n) is 30.7. The summed E-state index contributed by atoms with van der Waals surface area (Å²) in [5, 5.41) is 0.992. The van der Waals surface area contributed by atoms with Crippen molar-refractivity contribution in [1.82, 2.24) is 9.88 Å². The van der Waals surface area contributed by atoms with Crippen LogP contribution in [0.25, 0.3) is 22.0 Å². The second-order valence-corrected chi connectivity index (χ2v) is 21.9. The molecule has 8 nitrogen and oxygen atoms in total. The fourth-order valence-corrected chi connectivity index (χ4v) is 14.0. The molecule has 50 heavy (non-hydrogen) atoms. The van der Waals surface area contributed by atoms with Crippen LogP contribution in [0.4, 0.5) is 14.5 Å². The summed E-state index contributed by atoms with van der Waals surface area (Å²) in [6.07, 6.45) is 5.87. The zero-order chi connectivity index (χ0) is 36.7. The third kappa shape index (κ3) is 6.67. The van der Waals surface area contributed by atoms with Crippen molar-refractivity contribution < 1.29 is 26.7 Å². The van der Waals surface area contributed by atoms with Gasteiger partial charge in [-0.25, -0.2) is 27.2 Å². The van der Waals surface area contributed by atoms with Gasteiger partial charge in [-0.1, -0.05) is 65.7 Å². The molecule has 0 saturated carbocycles. The molecule has 1 unspecified atom stereocenters. The highest BCUT2D eigenvalue weighted by molar-refractivity contribution is 7.91. The summed E-state index contributed by atoms with van der Waals surface area (Å²) in [5.74, 6) is 2.78. The highest BCUT2D eigenvalue weighted by atomic mass is 32.2. The summed E-state index contributed by atoms with van der Waals surface area (Å²) >= 11 is 0. The van der Waals surface area contributed by atoms with Gasteiger partial charge in [0.25, 0.3) is 0 Å². The number of sulfone groups is 1. The minimum Gasteiger partial charge on any atom is -0.468 e. The number of fused-ring (bicyclic) bond motifs is 2. The highest BCUT2D eigenvalue weighted by Crippen LogP contribution is 2.44. The summed E-state index contributed by atoms with van der Waals surface area (Å²) in [6.45, 7) is 15.9. The standard InChI is InChI=1S/C38H48F2N4O4SSi/c1-23(2)50(24(3)4,25(5)6)19-16-29-31(39)15-14-27-20-28(48-22-47-9)21-30(33(27)29)35-34(40)36-32(26(7)41-35)37(44-17-12-11-13-18-44)42-38(43(36)8)49(10,45)46/h11-12,14-15,20-21,23-25,38H,13,17-18,22H2,1-10H3. The smallest absolute Gasteiger partial charge is 0.226 e. The Morgan fingerprint density at radius 3 is 2.32 bits per heavy atom. The highest BCUT2D eigenvalue weighted by Gasteiger charge is 2.42. The van der Waals surface area contributed by atoms with Crippen molar-refractivity contribution in [2.45, 2.75) is 77.0 Å². The zero-order valence-corrected chi connectivity index (χ0v) is 32.5. The van der Waals surface area contributed by atoms with Crippen molar-refractivity contribution in [3.8, 4) is 28.5 Å². The van der Waals surface area contributed by atoms with Gasteiger partial charge in [-0.15, -0.1) is 5.54 Å². The van der Waals surface area contributed by atoms with E-state index in [-0.39, 0.29) is 29.3 Å². The molecule has 12 heteroatoms. The Balaban J connectivity index is 1.87. The number of methoxy groups -OCH3 is 1. The Labute approximate surface area is 296 Å². The largest absolute Gasteiger partial charge is 0.468 e. The lowest BCUT2D eigenvalue weighted by Gasteiger charge is -2.38. The minimum atomic E-state index is -3.79. The Morgan fingerprint density at radius 2 is 1.74 bits per heavy atom. The van der Waals surface area contributed by atoms with Gasteiger partial charge in [-0.2, -0.15) is 0 Å². The number of hydrogen-bond donors (Lipinski definition) is 0. The van der Waals surface area contributed by atoms with Gasteiger partial charge < -0.3 is 19.3 Å². The monoisotopic (exact) mass is 722 g/mol. The molecule has 0 saturated heterocycles. The second kappa shape index (κ2) is 14.4. The molecule has 268 valence electrons. The molecule has 2 aromatic carbocycles. The molecule has 1 aromatic heterocycles. The lowest BCUT2D eigenvalue weighted by atomic mass is 9.94. The van der Waals surface area contributed by atoms with E-state index in [0.29, 0.717) is 63.3 Å². The number of nitrogens with zero attached hydrogens (tertiary/aromatic N) is 4. The summed E-state index contributed by atoms with van der Waals surface area (Å²) in [6, 6.07) is 6.38. The van der Waals surface area contributed by atoms with Crippen LogP contribution in [0.5, 0.6) is 5.75 Å². The maximum atomic E-state index is 17.4. The van der Waals surface area contributed by atoms with Crippen LogP contribution in [-0.2, 0) is 14.6 Å². The molecule has 0 fully saturated rings.